The Bertz CT molecular complexity index is 978. The lowest BCUT2D eigenvalue weighted by Gasteiger charge is -2.20. The summed E-state index contributed by atoms with van der Waals surface area (Å²) < 4.78 is 31.1. The zero-order valence-electron chi connectivity index (χ0n) is 14.7. The lowest BCUT2D eigenvalue weighted by Crippen LogP contribution is -2.44. The van der Waals surface area contributed by atoms with Crippen molar-refractivity contribution in [3.8, 4) is 6.01 Å². The predicted molar refractivity (Wildman–Crippen MR) is 94.1 cm³/mol. The first-order valence-electron chi connectivity index (χ1n) is 7.52. The van der Waals surface area contributed by atoms with E-state index >= 15 is 0 Å². The summed E-state index contributed by atoms with van der Waals surface area (Å²) in [5, 5.41) is 11.4. The van der Waals surface area contributed by atoms with Crippen LogP contribution in [0.4, 0.5) is 10.7 Å². The van der Waals surface area contributed by atoms with Crippen molar-refractivity contribution in [1.82, 2.24) is 20.3 Å². The van der Waals surface area contributed by atoms with Crippen LogP contribution in [0.15, 0.2) is 24.3 Å². The molecule has 1 heterocycles. The van der Waals surface area contributed by atoms with Crippen molar-refractivity contribution < 1.29 is 27.9 Å². The molecule has 0 bridgehead atoms. The number of aromatic nitrogens is 3. The number of methoxy groups -OCH3 is 1. The van der Waals surface area contributed by atoms with Crippen molar-refractivity contribution in [1.29, 1.82) is 0 Å². The van der Waals surface area contributed by atoms with Crippen LogP contribution < -0.4 is 14.4 Å². The van der Waals surface area contributed by atoms with Gasteiger partial charge in [0.1, 0.15) is 5.82 Å². The second-order valence-electron chi connectivity index (χ2n) is 5.21. The maximum atomic E-state index is 12.9. The summed E-state index contributed by atoms with van der Waals surface area (Å²) in [5.74, 6) is -2.38. The average molecular weight is 395 g/mol. The molecule has 27 heavy (non-hydrogen) atoms. The molecule has 0 fully saturated rings. The lowest BCUT2D eigenvalue weighted by atomic mass is 10.1. The number of carbonyl (C=O) groups is 2. The number of hydrogen-bond donors (Lipinski definition) is 2. The third-order valence-corrected chi connectivity index (χ3v) is 4.90. The van der Waals surface area contributed by atoms with E-state index in [2.05, 4.69) is 20.3 Å². The van der Waals surface area contributed by atoms with Crippen molar-refractivity contribution in [3.05, 3.63) is 41.2 Å². The van der Waals surface area contributed by atoms with Gasteiger partial charge in [0.15, 0.2) is 0 Å². The van der Waals surface area contributed by atoms with Crippen molar-refractivity contribution in [2.75, 3.05) is 18.5 Å². The zero-order chi connectivity index (χ0) is 20.2. The molecule has 0 atom stereocenters. The van der Waals surface area contributed by atoms with E-state index < -0.39 is 33.7 Å². The van der Waals surface area contributed by atoms with Crippen LogP contribution in [-0.2, 0) is 15.8 Å². The molecule has 0 radical (unpaired) electrons. The van der Waals surface area contributed by atoms with E-state index in [4.69, 9.17) is 4.74 Å². The van der Waals surface area contributed by atoms with E-state index in [1.807, 2.05) is 0 Å². The molecule has 0 aliphatic carbocycles. The van der Waals surface area contributed by atoms with Gasteiger partial charge >= 0.3 is 18.0 Å². The molecule has 144 valence electrons. The fourth-order valence-corrected chi connectivity index (χ4v) is 3.63. The lowest BCUT2D eigenvalue weighted by molar-refractivity contribution is 0.0696. The molecule has 11 nitrogen and oxygen atoms in total. The first-order valence-corrected chi connectivity index (χ1v) is 9.13. The Morgan fingerprint density at radius 2 is 1.89 bits per heavy atom. The smallest absolute Gasteiger partial charge is 0.338 e. The van der Waals surface area contributed by atoms with Crippen LogP contribution in [-0.4, -0.2) is 54.6 Å². The van der Waals surface area contributed by atoms with Crippen LogP contribution in [0.3, 0.4) is 0 Å². The highest BCUT2D eigenvalue weighted by Crippen LogP contribution is 2.21. The first-order chi connectivity index (χ1) is 12.7. The summed E-state index contributed by atoms with van der Waals surface area (Å²) in [6.07, 6.45) is 0. The van der Waals surface area contributed by atoms with Gasteiger partial charge in [-0.15, -0.1) is 0 Å². The maximum absolute atomic E-state index is 12.9. The van der Waals surface area contributed by atoms with Gasteiger partial charge in [-0.3, -0.25) is 0 Å². The standard InChI is InChI=1S/C15H17N5O6S/c1-9-17-13(19-14(18-9)26-3)20(15(23)16-2)27(24,25)8-10-6-4-5-7-11(10)12(21)22/h4-7H,8H2,1-3H3,(H,16,23)(H,21,22). The number of rotatable bonds is 6. The average Bonchev–Trinajstić information content (AvgIpc) is 2.60. The van der Waals surface area contributed by atoms with Gasteiger partial charge in [-0.2, -0.15) is 19.3 Å². The summed E-state index contributed by atoms with van der Waals surface area (Å²) in [6.45, 7) is 1.47. The molecular weight excluding hydrogens is 378 g/mol. The number of nitrogens with one attached hydrogen (secondary N) is 1. The number of benzene rings is 1. The summed E-state index contributed by atoms with van der Waals surface area (Å²) >= 11 is 0. The van der Waals surface area contributed by atoms with Gasteiger partial charge in [-0.05, 0) is 18.6 Å². The second-order valence-corrected chi connectivity index (χ2v) is 7.03. The molecular formula is C15H17N5O6S. The number of carboxylic acids is 1. The van der Waals surface area contributed by atoms with Crippen molar-refractivity contribution in [3.63, 3.8) is 0 Å². The van der Waals surface area contributed by atoms with E-state index in [0.29, 0.717) is 4.31 Å². The molecule has 0 saturated heterocycles. The monoisotopic (exact) mass is 395 g/mol. The van der Waals surface area contributed by atoms with Gasteiger partial charge < -0.3 is 15.2 Å². The molecule has 12 heteroatoms. The number of carboxylic acid groups (broad SMARTS) is 1. The van der Waals surface area contributed by atoms with E-state index in [1.54, 1.807) is 0 Å². The molecule has 2 rings (SSSR count). The number of sulfonamides is 1. The van der Waals surface area contributed by atoms with E-state index in [0.717, 1.165) is 0 Å². The Balaban J connectivity index is 2.55. The fraction of sp³-hybridized carbons (Fsp3) is 0.267. The van der Waals surface area contributed by atoms with Crippen molar-refractivity contribution in [2.45, 2.75) is 12.7 Å². The second kappa shape index (κ2) is 7.95. The highest BCUT2D eigenvalue weighted by Gasteiger charge is 2.33. The van der Waals surface area contributed by atoms with Crippen LogP contribution >= 0.6 is 0 Å². The Morgan fingerprint density at radius 3 is 2.48 bits per heavy atom. The minimum atomic E-state index is -4.39. The number of anilines is 1. The summed E-state index contributed by atoms with van der Waals surface area (Å²) in [6, 6.07) is 4.40. The fourth-order valence-electron chi connectivity index (χ4n) is 2.18. The summed E-state index contributed by atoms with van der Waals surface area (Å²) in [4.78, 5) is 35.1. The van der Waals surface area contributed by atoms with E-state index in [-0.39, 0.29) is 23.0 Å². The zero-order valence-corrected chi connectivity index (χ0v) is 15.5. The third kappa shape index (κ3) is 4.47. The summed E-state index contributed by atoms with van der Waals surface area (Å²) in [5.41, 5.74) is -0.181. The van der Waals surface area contributed by atoms with Crippen LogP contribution in [0.1, 0.15) is 21.7 Å². The number of nitrogens with zero attached hydrogens (tertiary/aromatic N) is 4. The normalized spacial score (nSPS) is 10.9. The number of aromatic carboxylic acids is 1. The maximum Gasteiger partial charge on any atom is 0.338 e. The first kappa shape index (κ1) is 20.0. The molecule has 2 aromatic rings. The third-order valence-electron chi connectivity index (χ3n) is 3.34. The Hall–Kier alpha value is -3.28. The molecule has 2 N–H and O–H groups in total. The molecule has 0 aliphatic rings. The topological polar surface area (TPSA) is 152 Å². The molecule has 1 aromatic heterocycles. The van der Waals surface area contributed by atoms with E-state index in [1.165, 1.54) is 45.3 Å². The number of ether oxygens (including phenoxy) is 1. The highest BCUT2D eigenvalue weighted by atomic mass is 32.2. The van der Waals surface area contributed by atoms with Gasteiger partial charge in [0, 0.05) is 7.05 Å². The van der Waals surface area contributed by atoms with Crippen LogP contribution in [0.5, 0.6) is 6.01 Å². The molecule has 2 amide bonds. The number of aryl methyl sites for hydroxylation is 1. The predicted octanol–water partition coefficient (Wildman–Crippen LogP) is 0.563. The molecule has 1 aromatic carbocycles. The minimum Gasteiger partial charge on any atom is -0.478 e. The summed E-state index contributed by atoms with van der Waals surface area (Å²) in [7, 11) is -1.87. The van der Waals surface area contributed by atoms with E-state index in [9.17, 15) is 23.1 Å². The van der Waals surface area contributed by atoms with Gasteiger partial charge in [0.2, 0.25) is 10.0 Å². The van der Waals surface area contributed by atoms with Crippen LogP contribution in [0, 0.1) is 6.92 Å². The van der Waals surface area contributed by atoms with Crippen molar-refractivity contribution >= 4 is 28.0 Å². The molecule has 0 aliphatic heterocycles. The quantitative estimate of drug-likeness (QED) is 0.714. The number of amides is 2. The largest absolute Gasteiger partial charge is 0.478 e. The number of hydrogen-bond acceptors (Lipinski definition) is 8. The molecule has 0 saturated carbocycles. The minimum absolute atomic E-state index is 0.0108. The Morgan fingerprint density at radius 1 is 1.22 bits per heavy atom. The van der Waals surface area contributed by atoms with Gasteiger partial charge in [-0.1, -0.05) is 18.2 Å². The Kier molecular flexibility index (Phi) is 5.90. The van der Waals surface area contributed by atoms with Crippen LogP contribution in [0.25, 0.3) is 0 Å². The highest BCUT2D eigenvalue weighted by molar-refractivity contribution is 7.92. The molecule has 0 unspecified atom stereocenters. The van der Waals surface area contributed by atoms with Gasteiger partial charge in [0.05, 0.1) is 18.4 Å². The van der Waals surface area contributed by atoms with Gasteiger partial charge in [0.25, 0.3) is 5.95 Å². The SMILES string of the molecule is CNC(=O)N(c1nc(C)nc(OC)n1)S(=O)(=O)Cc1ccccc1C(=O)O. The Labute approximate surface area is 155 Å². The molecule has 0 spiro atoms. The number of carbonyl (C=O) groups excluding carboxylic acids is 1. The van der Waals surface area contributed by atoms with Crippen molar-refractivity contribution in [2.24, 2.45) is 0 Å². The van der Waals surface area contributed by atoms with Crippen LogP contribution in [0.2, 0.25) is 0 Å². The number of urea groups is 1. The van der Waals surface area contributed by atoms with Gasteiger partial charge in [-0.25, -0.2) is 18.0 Å².